The van der Waals surface area contributed by atoms with Gasteiger partial charge in [-0.3, -0.25) is 14.4 Å². The maximum atomic E-state index is 12.9. The maximum absolute atomic E-state index is 12.9. The van der Waals surface area contributed by atoms with Gasteiger partial charge in [0.05, 0.1) is 58.4 Å². The first kappa shape index (κ1) is 76.9. The molecule has 0 radical (unpaired) electrons. The molecule has 7 aliphatic heterocycles. The van der Waals surface area contributed by atoms with Crippen LogP contribution in [-0.4, -0.2) is 403 Å². The average molecular weight is 1360 g/mol. The van der Waals surface area contributed by atoms with Crippen LogP contribution in [0.5, 0.6) is 0 Å². The zero-order valence-corrected chi connectivity index (χ0v) is 49.6. The number of aliphatic hydroxyl groups is 21. The minimum absolute atomic E-state index is 0.813. The molecule has 0 saturated carbocycles. The zero-order valence-electron chi connectivity index (χ0n) is 49.6. The predicted octanol–water partition coefficient (Wildman–Crippen LogP) is -16.6. The topological polar surface area (TPSA) is 669 Å². The molecule has 0 aromatic rings. The van der Waals surface area contributed by atoms with Crippen molar-refractivity contribution in [2.24, 2.45) is 0 Å². The number of amides is 3. The summed E-state index contributed by atoms with van der Waals surface area (Å²) < 4.78 is 74.6. The van der Waals surface area contributed by atoms with Crippen molar-refractivity contribution in [3.8, 4) is 0 Å². The molecule has 42 nitrogen and oxygen atoms in total. The summed E-state index contributed by atoms with van der Waals surface area (Å²) in [6, 6.07) is -5.34. The molecule has 7 heterocycles. The first-order valence-corrected chi connectivity index (χ1v) is 29.2. The Morgan fingerprint density at radius 2 is 0.849 bits per heavy atom. The highest BCUT2D eigenvalue weighted by molar-refractivity contribution is 5.77. The van der Waals surface area contributed by atoms with Crippen molar-refractivity contribution in [3.63, 3.8) is 0 Å². The first-order valence-electron chi connectivity index (χ1n) is 29.2. The summed E-state index contributed by atoms with van der Waals surface area (Å²) in [5.74, 6) is -7.67. The van der Waals surface area contributed by atoms with E-state index in [0.29, 0.717) is 0 Å². The average Bonchev–Trinajstić information content (AvgIpc) is 0.784. The standard InChI is InChI=1S/C51H85N3O39/c1-12(60)52-23-15(63)4-51(50(79)80,93-42(23)26(65)16(64)5-55)82-11-22-28(67)33(72)37(76)48(88-22)90-40-20(9-59)86-46(25(31(40)70)54-14(3)62)92-43-29(68)21(87-49(38(43)77)91-41-18(7-57)83-44(78)35(74)34(41)73)10-81-45-24(53-13(2)61)30(69)39(19(8-58)85-45)89-47-36(75)32(71)27(66)17(6-56)84-47/h15-49,55-59,63-78H,4-11H2,1-3H3,(H,52,60)(H,53,61)(H,54,62)(H,79,80)/t15-,16+,17+,18+,19+,20+,21+,22+,23+,24+,25+,26+,27-,28-,29-,30+,31+,32-,33-,34+,35+,36+,37+,38+,39+,40+,41+,42+,43-,44?,45+,46-,47-,48-,49-,51+/m0/s1. The van der Waals surface area contributed by atoms with Crippen LogP contribution in [0.2, 0.25) is 0 Å². The van der Waals surface area contributed by atoms with Crippen molar-refractivity contribution in [2.45, 2.75) is 248 Å². The van der Waals surface area contributed by atoms with Crippen LogP contribution in [0.4, 0.5) is 0 Å². The van der Waals surface area contributed by atoms with Gasteiger partial charge in [0.1, 0.15) is 165 Å². The zero-order chi connectivity index (χ0) is 69.0. The number of hydrogen-bond acceptors (Lipinski definition) is 38. The molecule has 0 aromatic carbocycles. The smallest absolute Gasteiger partial charge is 0.364 e. The number of ether oxygens (including phenoxy) is 13. The van der Waals surface area contributed by atoms with E-state index in [9.17, 15) is 132 Å². The molecule has 7 fully saturated rings. The van der Waals surface area contributed by atoms with Crippen LogP contribution in [-0.2, 0) is 80.8 Å². The van der Waals surface area contributed by atoms with Crippen molar-refractivity contribution in [2.75, 3.05) is 46.2 Å². The van der Waals surface area contributed by atoms with Crippen LogP contribution < -0.4 is 16.0 Å². The van der Waals surface area contributed by atoms with E-state index in [1.54, 1.807) is 0 Å². The van der Waals surface area contributed by atoms with Gasteiger partial charge in [-0.1, -0.05) is 0 Å². The third-order valence-electron chi connectivity index (χ3n) is 16.7. The minimum Gasteiger partial charge on any atom is -0.477 e. The number of carboxylic acids is 1. The maximum Gasteiger partial charge on any atom is 0.364 e. The van der Waals surface area contributed by atoms with E-state index >= 15 is 0 Å². The Kier molecular flexibility index (Phi) is 27.2. The SMILES string of the molecule is CC(=O)N[C@H]1[C@H](OC[C@H]2O[C@@H](O[C@H]3[C@H](O)[C@@H](O)C(O)O[C@@H]3CO)[C@H](O)[C@@H](O[C@@H]3O[C@H](CO)[C@@H](O[C@@H]4O[C@H](CO[C@]5(C(=O)O)C[C@H](O)[C@@H](NC(C)=O)[C@H]([C@H](O)[C@H](O)CO)O5)[C@H](O)[C@H](O)[C@H]4O)[C@H](O)[C@H]3NC(C)=O)[C@H]2O)O[C@H](CO)[C@@H](O[C@@H]2O[C@H](CO)[C@H](O)[C@H](O)[C@H]2O)[C@@H]1O. The van der Waals surface area contributed by atoms with Gasteiger partial charge in [-0.15, -0.1) is 0 Å². The number of aliphatic carboxylic acids is 1. The fourth-order valence-electron chi connectivity index (χ4n) is 11.7. The molecular weight excluding hydrogens is 1280 g/mol. The van der Waals surface area contributed by atoms with Crippen molar-refractivity contribution in [1.82, 2.24) is 16.0 Å². The van der Waals surface area contributed by atoms with Crippen LogP contribution in [0.3, 0.4) is 0 Å². The van der Waals surface area contributed by atoms with Gasteiger partial charge in [-0.2, -0.15) is 0 Å². The number of nitrogens with one attached hydrogen (secondary N) is 3. The second-order valence-corrected chi connectivity index (χ2v) is 23.3. The fourth-order valence-corrected chi connectivity index (χ4v) is 11.7. The normalized spacial score (nSPS) is 47.2. The summed E-state index contributed by atoms with van der Waals surface area (Å²) >= 11 is 0. The van der Waals surface area contributed by atoms with E-state index in [1.165, 1.54) is 0 Å². The Morgan fingerprint density at radius 3 is 1.33 bits per heavy atom. The van der Waals surface area contributed by atoms with E-state index in [1.807, 2.05) is 0 Å². The first-order chi connectivity index (χ1) is 43.8. The highest BCUT2D eigenvalue weighted by Gasteiger charge is 2.60. The molecular formula is C51H85N3O39. The largest absolute Gasteiger partial charge is 0.477 e. The molecule has 25 N–H and O–H groups in total. The molecule has 3 amide bonds. The lowest BCUT2D eigenvalue weighted by molar-refractivity contribution is -0.385. The van der Waals surface area contributed by atoms with Gasteiger partial charge in [0.15, 0.2) is 37.7 Å². The Bertz CT molecular complexity index is 2410. The lowest BCUT2D eigenvalue weighted by atomic mass is 9.88. The van der Waals surface area contributed by atoms with E-state index in [0.717, 1.165) is 20.8 Å². The van der Waals surface area contributed by atoms with Crippen molar-refractivity contribution >= 4 is 23.7 Å². The summed E-state index contributed by atoms with van der Waals surface area (Å²) in [5, 5.41) is 244. The van der Waals surface area contributed by atoms with Gasteiger partial charge in [0, 0.05) is 27.2 Å². The van der Waals surface area contributed by atoms with Gasteiger partial charge in [-0.25, -0.2) is 4.79 Å². The lowest BCUT2D eigenvalue weighted by Gasteiger charge is -2.50. The number of aliphatic hydroxyl groups excluding tert-OH is 21. The van der Waals surface area contributed by atoms with Crippen LogP contribution >= 0.6 is 0 Å². The molecule has 93 heavy (non-hydrogen) atoms. The molecule has 7 rings (SSSR count). The summed E-state index contributed by atoms with van der Waals surface area (Å²) in [4.78, 5) is 50.4. The third kappa shape index (κ3) is 17.0. The monoisotopic (exact) mass is 1360 g/mol. The molecule has 0 aromatic heterocycles. The number of carbonyl (C=O) groups excluding carboxylic acids is 3. The van der Waals surface area contributed by atoms with E-state index in [2.05, 4.69) is 16.0 Å². The lowest BCUT2D eigenvalue weighted by Crippen LogP contribution is -2.70. The van der Waals surface area contributed by atoms with Crippen molar-refractivity contribution < 1.29 is 193 Å². The number of carboxylic acid groups (broad SMARTS) is 1. The van der Waals surface area contributed by atoms with E-state index in [4.69, 9.17) is 61.6 Å². The Morgan fingerprint density at radius 1 is 0.441 bits per heavy atom. The van der Waals surface area contributed by atoms with Crippen LogP contribution in [0, 0.1) is 0 Å². The third-order valence-corrected chi connectivity index (χ3v) is 16.7. The van der Waals surface area contributed by atoms with Crippen molar-refractivity contribution in [3.05, 3.63) is 0 Å². The second-order valence-electron chi connectivity index (χ2n) is 23.3. The van der Waals surface area contributed by atoms with Gasteiger partial charge in [0.25, 0.3) is 5.79 Å². The van der Waals surface area contributed by atoms with Crippen molar-refractivity contribution in [1.29, 1.82) is 0 Å². The second kappa shape index (κ2) is 32.9. The van der Waals surface area contributed by atoms with Crippen LogP contribution in [0.1, 0.15) is 27.2 Å². The quantitative estimate of drug-likeness (QED) is 0.0404. The molecule has 1 unspecified atom stereocenters. The molecule has 0 spiro atoms. The number of rotatable bonds is 25. The number of carbonyl (C=O) groups is 4. The Labute approximate surface area is 525 Å². The summed E-state index contributed by atoms with van der Waals surface area (Å²) in [6.45, 7) is -4.54. The Hall–Kier alpha value is -3.48. The molecule has 7 saturated heterocycles. The predicted molar refractivity (Wildman–Crippen MR) is 284 cm³/mol. The molecule has 36 atom stereocenters. The van der Waals surface area contributed by atoms with Crippen LogP contribution in [0.25, 0.3) is 0 Å². The summed E-state index contributed by atoms with van der Waals surface area (Å²) in [6.07, 6.45) is -66.4. The van der Waals surface area contributed by atoms with Gasteiger partial charge < -0.3 is 190 Å². The molecule has 7 aliphatic rings. The van der Waals surface area contributed by atoms with Gasteiger partial charge >= 0.3 is 5.97 Å². The molecule has 0 bridgehead atoms. The van der Waals surface area contributed by atoms with Crippen LogP contribution in [0.15, 0.2) is 0 Å². The highest BCUT2D eigenvalue weighted by Crippen LogP contribution is 2.39. The van der Waals surface area contributed by atoms with E-state index < -0.39 is 297 Å². The summed E-state index contributed by atoms with van der Waals surface area (Å²) in [7, 11) is 0. The molecule has 0 aliphatic carbocycles. The summed E-state index contributed by atoms with van der Waals surface area (Å²) in [5.41, 5.74) is 0. The highest BCUT2D eigenvalue weighted by atomic mass is 16.8. The Balaban J connectivity index is 1.13. The fraction of sp³-hybridized carbons (Fsp3) is 0.922. The van der Waals surface area contributed by atoms with Gasteiger partial charge in [0.2, 0.25) is 17.7 Å². The van der Waals surface area contributed by atoms with E-state index in [-0.39, 0.29) is 0 Å². The minimum atomic E-state index is -3.03. The molecule has 42 heteroatoms. The number of hydrogen-bond donors (Lipinski definition) is 25. The molecule has 538 valence electrons. The van der Waals surface area contributed by atoms with Gasteiger partial charge in [-0.05, 0) is 0 Å².